The quantitative estimate of drug-likeness (QED) is 0.691. The van der Waals surface area contributed by atoms with E-state index in [2.05, 4.69) is 11.3 Å². The number of carboxylic acids is 1. The molecule has 0 aliphatic heterocycles. The first-order valence-electron chi connectivity index (χ1n) is 5.47. The molecule has 0 unspecified atom stereocenters. The molecule has 7 heteroatoms. The molecule has 0 saturated heterocycles. The van der Waals surface area contributed by atoms with Gasteiger partial charge in [0.05, 0.1) is 10.5 Å². The Bertz CT molecular complexity index is 658. The summed E-state index contributed by atoms with van der Waals surface area (Å²) >= 11 is 0. The Balaban J connectivity index is 2.85. The van der Waals surface area contributed by atoms with Crippen molar-refractivity contribution in [2.45, 2.75) is 0 Å². The van der Waals surface area contributed by atoms with Gasteiger partial charge in [-0.05, 0) is 42.6 Å². The van der Waals surface area contributed by atoms with Gasteiger partial charge < -0.3 is 10.8 Å². The predicted octanol–water partition coefficient (Wildman–Crippen LogP) is 1.67. The Morgan fingerprint density at radius 1 is 1.25 bits per heavy atom. The largest absolute Gasteiger partial charge is 0.478 e. The van der Waals surface area contributed by atoms with E-state index in [4.69, 9.17) is 10.8 Å². The van der Waals surface area contributed by atoms with E-state index >= 15 is 0 Å². The zero-order chi connectivity index (χ0) is 15.2. The number of carboxylic acid groups (broad SMARTS) is 1. The van der Waals surface area contributed by atoms with E-state index < -0.39 is 16.0 Å². The van der Waals surface area contributed by atoms with Crippen LogP contribution in [-0.4, -0.2) is 19.5 Å². The van der Waals surface area contributed by atoms with Crippen molar-refractivity contribution in [3.63, 3.8) is 0 Å². The SMILES string of the molecule is C=C(/C=C\C=C/N)S(=O)(=O)Nc1ccc(C(=O)O)cc1. The Kier molecular flexibility index (Phi) is 5.10. The summed E-state index contributed by atoms with van der Waals surface area (Å²) in [5.74, 6) is -1.08. The number of sulfonamides is 1. The van der Waals surface area contributed by atoms with Crippen molar-refractivity contribution in [3.8, 4) is 0 Å². The highest BCUT2D eigenvalue weighted by molar-refractivity contribution is 7.96. The predicted molar refractivity (Wildman–Crippen MR) is 77.6 cm³/mol. The lowest BCUT2D eigenvalue weighted by molar-refractivity contribution is 0.0697. The second-order valence-electron chi connectivity index (χ2n) is 3.70. The summed E-state index contributed by atoms with van der Waals surface area (Å²) in [6.45, 7) is 3.43. The molecule has 4 N–H and O–H groups in total. The second-order valence-corrected chi connectivity index (χ2v) is 5.43. The molecule has 0 heterocycles. The molecule has 0 saturated carbocycles. The van der Waals surface area contributed by atoms with Crippen LogP contribution in [0.5, 0.6) is 0 Å². The van der Waals surface area contributed by atoms with Crippen molar-refractivity contribution in [2.75, 3.05) is 4.72 Å². The molecule has 106 valence electrons. The highest BCUT2D eigenvalue weighted by Crippen LogP contribution is 2.15. The van der Waals surface area contributed by atoms with E-state index in [1.54, 1.807) is 0 Å². The number of nitrogens with one attached hydrogen (secondary N) is 1. The molecular weight excluding hydrogens is 280 g/mol. The second kappa shape index (κ2) is 6.58. The minimum Gasteiger partial charge on any atom is -0.478 e. The van der Waals surface area contributed by atoms with Crippen LogP contribution in [0.2, 0.25) is 0 Å². The Labute approximate surface area is 117 Å². The lowest BCUT2D eigenvalue weighted by Crippen LogP contribution is -2.13. The van der Waals surface area contributed by atoms with E-state index in [1.807, 2.05) is 0 Å². The van der Waals surface area contributed by atoms with E-state index in [0.29, 0.717) is 0 Å². The average molecular weight is 294 g/mol. The minimum atomic E-state index is -3.78. The van der Waals surface area contributed by atoms with Crippen LogP contribution >= 0.6 is 0 Å². The molecule has 0 aliphatic carbocycles. The molecule has 1 rings (SSSR count). The van der Waals surface area contributed by atoms with Crippen LogP contribution in [0.1, 0.15) is 10.4 Å². The third kappa shape index (κ3) is 4.29. The van der Waals surface area contributed by atoms with Crippen molar-refractivity contribution in [1.29, 1.82) is 0 Å². The van der Waals surface area contributed by atoms with Crippen LogP contribution in [0.25, 0.3) is 0 Å². The number of carbonyl (C=O) groups is 1. The minimum absolute atomic E-state index is 0.0692. The highest BCUT2D eigenvalue weighted by Gasteiger charge is 2.13. The topological polar surface area (TPSA) is 109 Å². The van der Waals surface area contributed by atoms with Gasteiger partial charge in [-0.3, -0.25) is 4.72 Å². The van der Waals surface area contributed by atoms with Crippen molar-refractivity contribution in [3.05, 3.63) is 65.7 Å². The van der Waals surface area contributed by atoms with Crippen LogP contribution < -0.4 is 10.5 Å². The molecule has 0 fully saturated rings. The van der Waals surface area contributed by atoms with Crippen LogP contribution in [0.3, 0.4) is 0 Å². The first-order chi connectivity index (χ1) is 9.36. The summed E-state index contributed by atoms with van der Waals surface area (Å²) in [7, 11) is -3.78. The summed E-state index contributed by atoms with van der Waals surface area (Å²) in [5, 5.41) is 8.74. The third-order valence-corrected chi connectivity index (χ3v) is 3.56. The number of benzene rings is 1. The smallest absolute Gasteiger partial charge is 0.335 e. The monoisotopic (exact) mass is 294 g/mol. The van der Waals surface area contributed by atoms with Gasteiger partial charge in [0, 0.05) is 5.69 Å². The number of anilines is 1. The molecular formula is C13H14N2O4S. The molecule has 0 bridgehead atoms. The fourth-order valence-corrected chi connectivity index (χ4v) is 2.05. The van der Waals surface area contributed by atoms with Crippen LogP contribution in [0, 0.1) is 0 Å². The van der Waals surface area contributed by atoms with Gasteiger partial charge in [0.15, 0.2) is 0 Å². The zero-order valence-electron chi connectivity index (χ0n) is 10.5. The zero-order valence-corrected chi connectivity index (χ0v) is 11.3. The van der Waals surface area contributed by atoms with Crippen molar-refractivity contribution >= 4 is 21.7 Å². The Morgan fingerprint density at radius 3 is 2.35 bits per heavy atom. The maximum Gasteiger partial charge on any atom is 0.335 e. The van der Waals surface area contributed by atoms with Crippen LogP contribution in [0.4, 0.5) is 5.69 Å². The van der Waals surface area contributed by atoms with Gasteiger partial charge in [-0.25, -0.2) is 13.2 Å². The first-order valence-corrected chi connectivity index (χ1v) is 6.95. The maximum absolute atomic E-state index is 11.9. The summed E-state index contributed by atoms with van der Waals surface area (Å²) in [4.78, 5) is 10.5. The molecule has 1 aromatic carbocycles. The van der Waals surface area contributed by atoms with Gasteiger partial charge in [0.2, 0.25) is 0 Å². The number of hydrogen-bond acceptors (Lipinski definition) is 4. The lowest BCUT2D eigenvalue weighted by atomic mass is 10.2. The average Bonchev–Trinajstić information content (AvgIpc) is 2.39. The van der Waals surface area contributed by atoms with Gasteiger partial charge in [-0.2, -0.15) is 0 Å². The van der Waals surface area contributed by atoms with Gasteiger partial charge in [-0.1, -0.05) is 12.7 Å². The Morgan fingerprint density at radius 2 is 1.85 bits per heavy atom. The number of rotatable bonds is 6. The van der Waals surface area contributed by atoms with Crippen molar-refractivity contribution in [2.24, 2.45) is 5.73 Å². The maximum atomic E-state index is 11.9. The fraction of sp³-hybridized carbons (Fsp3) is 0. The van der Waals surface area contributed by atoms with Crippen molar-refractivity contribution in [1.82, 2.24) is 0 Å². The summed E-state index contributed by atoms with van der Waals surface area (Å²) < 4.78 is 26.0. The van der Waals surface area contributed by atoms with Crippen molar-refractivity contribution < 1.29 is 18.3 Å². The van der Waals surface area contributed by atoms with Gasteiger partial charge >= 0.3 is 5.97 Å². The number of nitrogens with two attached hydrogens (primary N) is 1. The summed E-state index contributed by atoms with van der Waals surface area (Å²) in [6.07, 6.45) is 5.45. The van der Waals surface area contributed by atoms with E-state index in [0.717, 1.165) is 0 Å². The molecule has 0 aromatic heterocycles. The highest BCUT2D eigenvalue weighted by atomic mass is 32.2. The lowest BCUT2D eigenvalue weighted by Gasteiger charge is -2.07. The molecule has 0 amide bonds. The Hall–Kier alpha value is -2.54. The number of aromatic carboxylic acids is 1. The van der Waals surface area contributed by atoms with E-state index in [1.165, 1.54) is 48.7 Å². The molecule has 6 nitrogen and oxygen atoms in total. The standard InChI is InChI=1S/C13H14N2O4S/c1-10(4-2-3-9-14)20(18,19)15-12-7-5-11(6-8-12)13(16)17/h2-9,15H,1,14H2,(H,16,17)/b4-2-,9-3-. The third-order valence-electron chi connectivity index (χ3n) is 2.23. The molecule has 1 aromatic rings. The normalized spacial score (nSPS) is 11.8. The number of allylic oxidation sites excluding steroid dienone is 3. The van der Waals surface area contributed by atoms with Crippen LogP contribution in [0.15, 0.2) is 60.2 Å². The van der Waals surface area contributed by atoms with E-state index in [9.17, 15) is 13.2 Å². The molecule has 0 aliphatic rings. The molecule has 0 atom stereocenters. The van der Waals surface area contributed by atoms with Crippen LogP contribution in [-0.2, 0) is 10.0 Å². The summed E-state index contributed by atoms with van der Waals surface area (Å²) in [6, 6.07) is 5.32. The molecule has 20 heavy (non-hydrogen) atoms. The molecule has 0 spiro atoms. The molecule has 0 radical (unpaired) electrons. The fourth-order valence-electron chi connectivity index (χ4n) is 1.22. The van der Waals surface area contributed by atoms with E-state index in [-0.39, 0.29) is 16.2 Å². The summed E-state index contributed by atoms with van der Waals surface area (Å²) in [5.41, 5.74) is 5.43. The number of hydrogen-bond donors (Lipinski definition) is 3. The van der Waals surface area contributed by atoms with Gasteiger partial charge in [-0.15, -0.1) is 0 Å². The first kappa shape index (κ1) is 15.5. The van der Waals surface area contributed by atoms with Gasteiger partial charge in [0.1, 0.15) is 0 Å². The van der Waals surface area contributed by atoms with Gasteiger partial charge in [0.25, 0.3) is 10.0 Å².